The smallest absolute Gasteiger partial charge is 0.348 e. The van der Waals surface area contributed by atoms with Gasteiger partial charge in [-0.3, -0.25) is 0 Å². The lowest BCUT2D eigenvalue weighted by Crippen LogP contribution is -2.20. The SMILES string of the molecule is Cc1cc2n[nH]c(=O)n2c2cc(-c3cccc(CNCCCN(C)C)c3)c(O)cc12. The summed E-state index contributed by atoms with van der Waals surface area (Å²) in [6.07, 6.45) is 1.09. The van der Waals surface area contributed by atoms with Crippen molar-refractivity contribution in [2.24, 2.45) is 0 Å². The van der Waals surface area contributed by atoms with Crippen LogP contribution < -0.4 is 11.0 Å². The first-order valence-corrected chi connectivity index (χ1v) is 10.1. The van der Waals surface area contributed by atoms with Crippen molar-refractivity contribution in [2.45, 2.75) is 19.9 Å². The topological polar surface area (TPSA) is 85.7 Å². The summed E-state index contributed by atoms with van der Waals surface area (Å²) in [6.45, 7) is 4.72. The third-order valence-electron chi connectivity index (χ3n) is 5.35. The average Bonchev–Trinajstić information content (AvgIpc) is 3.08. The zero-order valence-corrected chi connectivity index (χ0v) is 17.6. The summed E-state index contributed by atoms with van der Waals surface area (Å²) < 4.78 is 1.54. The van der Waals surface area contributed by atoms with Crippen LogP contribution in [0.1, 0.15) is 17.5 Å². The van der Waals surface area contributed by atoms with Crippen LogP contribution in [0.5, 0.6) is 5.75 Å². The minimum atomic E-state index is -0.290. The second-order valence-corrected chi connectivity index (χ2v) is 7.97. The second kappa shape index (κ2) is 8.30. The quantitative estimate of drug-likeness (QED) is 0.412. The van der Waals surface area contributed by atoms with E-state index in [4.69, 9.17) is 0 Å². The maximum absolute atomic E-state index is 12.3. The Morgan fingerprint density at radius 1 is 1.20 bits per heavy atom. The fourth-order valence-corrected chi connectivity index (χ4v) is 3.82. The first kappa shape index (κ1) is 20.1. The predicted octanol–water partition coefficient (Wildman–Crippen LogP) is 2.90. The predicted molar refractivity (Wildman–Crippen MR) is 120 cm³/mol. The molecule has 0 atom stereocenters. The number of hydrogen-bond donors (Lipinski definition) is 3. The number of pyridine rings is 1. The molecule has 0 amide bonds. The van der Waals surface area contributed by atoms with Crippen LogP contribution in [0, 0.1) is 6.92 Å². The maximum Gasteiger partial charge on any atom is 0.348 e. The molecule has 0 aliphatic rings. The molecule has 7 nitrogen and oxygen atoms in total. The number of phenolic OH excluding ortho intramolecular Hbond substituents is 1. The summed E-state index contributed by atoms with van der Waals surface area (Å²) in [5, 5.41) is 21.6. The molecule has 7 heteroatoms. The number of rotatable bonds is 7. The van der Waals surface area contributed by atoms with Gasteiger partial charge in [-0.15, -0.1) is 0 Å². The lowest BCUT2D eigenvalue weighted by molar-refractivity contribution is 0.394. The molecule has 4 aromatic rings. The zero-order valence-electron chi connectivity index (χ0n) is 17.6. The number of hydrogen-bond acceptors (Lipinski definition) is 5. The monoisotopic (exact) mass is 405 g/mol. The summed E-state index contributed by atoms with van der Waals surface area (Å²) in [4.78, 5) is 14.5. The van der Waals surface area contributed by atoms with Gasteiger partial charge in [-0.1, -0.05) is 18.2 Å². The van der Waals surface area contributed by atoms with Crippen molar-refractivity contribution in [1.29, 1.82) is 0 Å². The molecular formula is C23H27N5O2. The molecular weight excluding hydrogens is 378 g/mol. The third-order valence-corrected chi connectivity index (χ3v) is 5.35. The Bertz CT molecular complexity index is 1260. The van der Waals surface area contributed by atoms with Crippen molar-refractivity contribution in [2.75, 3.05) is 27.2 Å². The summed E-state index contributed by atoms with van der Waals surface area (Å²) >= 11 is 0. The number of aryl methyl sites for hydroxylation is 1. The second-order valence-electron chi connectivity index (χ2n) is 7.97. The summed E-state index contributed by atoms with van der Waals surface area (Å²) in [6, 6.07) is 13.5. The van der Waals surface area contributed by atoms with Crippen LogP contribution in [0.4, 0.5) is 0 Å². The molecule has 0 saturated carbocycles. The maximum atomic E-state index is 12.3. The Morgan fingerprint density at radius 2 is 2.03 bits per heavy atom. The highest BCUT2D eigenvalue weighted by atomic mass is 16.3. The van der Waals surface area contributed by atoms with Gasteiger partial charge in [-0.25, -0.2) is 14.3 Å². The van der Waals surface area contributed by atoms with Crippen LogP contribution >= 0.6 is 0 Å². The van der Waals surface area contributed by atoms with E-state index in [2.05, 4.69) is 46.6 Å². The van der Waals surface area contributed by atoms with Gasteiger partial charge in [0, 0.05) is 17.5 Å². The van der Waals surface area contributed by atoms with E-state index in [-0.39, 0.29) is 11.4 Å². The van der Waals surface area contributed by atoms with Gasteiger partial charge in [0.1, 0.15) is 5.75 Å². The fraction of sp³-hybridized carbons (Fsp3) is 0.304. The molecule has 4 rings (SSSR count). The van der Waals surface area contributed by atoms with Gasteiger partial charge in [0.15, 0.2) is 5.65 Å². The van der Waals surface area contributed by atoms with E-state index >= 15 is 0 Å². The van der Waals surface area contributed by atoms with Crippen molar-refractivity contribution in [3.63, 3.8) is 0 Å². The zero-order chi connectivity index (χ0) is 21.3. The summed E-state index contributed by atoms with van der Waals surface area (Å²) in [7, 11) is 4.15. The molecule has 2 heterocycles. The van der Waals surface area contributed by atoms with E-state index < -0.39 is 0 Å². The van der Waals surface area contributed by atoms with E-state index in [1.807, 2.05) is 31.2 Å². The standard InChI is InChI=1S/C23H27N5O2/c1-15-10-22-25-26-23(30)28(22)20-12-19(21(29)13-18(15)20)17-7-4-6-16(11-17)14-24-8-5-9-27(2)3/h4,6-7,10-13,24,29H,5,8-9,14H2,1-3H3,(H,26,30). The van der Waals surface area contributed by atoms with Gasteiger partial charge >= 0.3 is 5.69 Å². The van der Waals surface area contributed by atoms with Crippen LogP contribution in [0.2, 0.25) is 0 Å². The average molecular weight is 406 g/mol. The van der Waals surface area contributed by atoms with Crippen molar-refractivity contribution in [1.82, 2.24) is 24.8 Å². The highest BCUT2D eigenvalue weighted by Gasteiger charge is 2.13. The molecule has 2 aromatic carbocycles. The molecule has 30 heavy (non-hydrogen) atoms. The summed E-state index contributed by atoms with van der Waals surface area (Å²) in [5.41, 5.74) is 4.70. The molecule has 0 saturated heterocycles. The van der Waals surface area contributed by atoms with Crippen LogP contribution in [0.15, 0.2) is 47.3 Å². The molecule has 0 unspecified atom stereocenters. The largest absolute Gasteiger partial charge is 0.507 e. The van der Waals surface area contributed by atoms with Gasteiger partial charge in [-0.05, 0) is 81.5 Å². The highest BCUT2D eigenvalue weighted by Crippen LogP contribution is 2.35. The van der Waals surface area contributed by atoms with E-state index in [1.54, 1.807) is 10.5 Å². The van der Waals surface area contributed by atoms with Crippen LogP contribution in [-0.2, 0) is 6.54 Å². The number of aromatic nitrogens is 3. The van der Waals surface area contributed by atoms with Crippen molar-refractivity contribution in [3.8, 4) is 16.9 Å². The van der Waals surface area contributed by atoms with E-state index in [1.165, 1.54) is 0 Å². The minimum Gasteiger partial charge on any atom is -0.507 e. The summed E-state index contributed by atoms with van der Waals surface area (Å²) in [5.74, 6) is 0.192. The minimum absolute atomic E-state index is 0.192. The van der Waals surface area contributed by atoms with Gasteiger partial charge < -0.3 is 15.3 Å². The molecule has 0 aliphatic heterocycles. The number of benzene rings is 2. The number of nitrogens with one attached hydrogen (secondary N) is 2. The van der Waals surface area contributed by atoms with Gasteiger partial charge in [0.2, 0.25) is 0 Å². The Labute approximate surface area is 175 Å². The van der Waals surface area contributed by atoms with E-state index in [9.17, 15) is 9.90 Å². The highest BCUT2D eigenvalue weighted by molar-refractivity contribution is 5.92. The molecule has 2 aromatic heterocycles. The van der Waals surface area contributed by atoms with Crippen molar-refractivity contribution >= 4 is 16.6 Å². The molecule has 156 valence electrons. The number of phenols is 1. The fourth-order valence-electron chi connectivity index (χ4n) is 3.82. The number of fused-ring (bicyclic) bond motifs is 3. The molecule has 0 fully saturated rings. The third kappa shape index (κ3) is 3.94. The molecule has 3 N–H and O–H groups in total. The molecule has 0 spiro atoms. The molecule has 0 bridgehead atoms. The number of nitrogens with zero attached hydrogens (tertiary/aromatic N) is 3. The first-order valence-electron chi connectivity index (χ1n) is 10.1. The van der Waals surface area contributed by atoms with E-state index in [0.29, 0.717) is 11.2 Å². The first-order chi connectivity index (χ1) is 14.4. The Hall–Kier alpha value is -3.16. The van der Waals surface area contributed by atoms with E-state index in [0.717, 1.165) is 53.6 Å². The van der Waals surface area contributed by atoms with Crippen LogP contribution in [0.25, 0.3) is 27.7 Å². The Kier molecular flexibility index (Phi) is 5.57. The van der Waals surface area contributed by atoms with Gasteiger partial charge in [-0.2, -0.15) is 5.10 Å². The van der Waals surface area contributed by atoms with Gasteiger partial charge in [0.25, 0.3) is 0 Å². The normalized spacial score (nSPS) is 11.7. The van der Waals surface area contributed by atoms with Gasteiger partial charge in [0.05, 0.1) is 5.52 Å². The van der Waals surface area contributed by atoms with Crippen molar-refractivity contribution < 1.29 is 5.11 Å². The number of aromatic hydroxyl groups is 1. The number of H-pyrrole nitrogens is 1. The Balaban J connectivity index is 1.68. The number of aromatic amines is 1. The van der Waals surface area contributed by atoms with Crippen LogP contribution in [0.3, 0.4) is 0 Å². The Morgan fingerprint density at radius 3 is 2.83 bits per heavy atom. The lowest BCUT2D eigenvalue weighted by Gasteiger charge is -2.12. The van der Waals surface area contributed by atoms with Crippen molar-refractivity contribution in [3.05, 3.63) is 64.1 Å². The molecule has 0 radical (unpaired) electrons. The van der Waals surface area contributed by atoms with Crippen LogP contribution in [-0.4, -0.2) is 51.8 Å². The lowest BCUT2D eigenvalue weighted by atomic mass is 9.99. The molecule has 0 aliphatic carbocycles.